The zero-order chi connectivity index (χ0) is 11.0. The lowest BCUT2D eigenvalue weighted by molar-refractivity contribution is 0.0255. The Labute approximate surface area is 93.6 Å². The normalized spacial score (nSPS) is 23.9. The smallest absolute Gasteiger partial charge is 0.132 e. The number of fused-ring (bicyclic) bond motifs is 1. The van der Waals surface area contributed by atoms with Crippen molar-refractivity contribution in [3.63, 3.8) is 0 Å². The third kappa shape index (κ3) is 1.68. The van der Waals surface area contributed by atoms with Crippen LogP contribution in [0.2, 0.25) is 0 Å². The molecule has 0 bridgehead atoms. The maximum atomic E-state index is 13.8. The van der Waals surface area contributed by atoms with E-state index in [1.807, 2.05) is 6.07 Å². The molecule has 0 saturated carbocycles. The number of rotatable bonds is 1. The van der Waals surface area contributed by atoms with E-state index < -0.39 is 0 Å². The van der Waals surface area contributed by atoms with E-state index in [0.717, 1.165) is 18.5 Å². The van der Waals surface area contributed by atoms with E-state index in [2.05, 4.69) is 5.32 Å². The van der Waals surface area contributed by atoms with Crippen molar-refractivity contribution in [2.75, 3.05) is 26.3 Å². The van der Waals surface area contributed by atoms with Crippen molar-refractivity contribution in [1.82, 2.24) is 5.32 Å². The van der Waals surface area contributed by atoms with E-state index in [1.165, 1.54) is 6.07 Å². The molecule has 2 heterocycles. The summed E-state index contributed by atoms with van der Waals surface area (Å²) < 4.78 is 24.7. The molecule has 4 heteroatoms. The maximum Gasteiger partial charge on any atom is 0.132 e. The van der Waals surface area contributed by atoms with Gasteiger partial charge >= 0.3 is 0 Å². The number of nitrogens with one attached hydrogen (secondary N) is 1. The molecule has 86 valence electrons. The van der Waals surface area contributed by atoms with Crippen LogP contribution in [0.5, 0.6) is 5.75 Å². The molecule has 1 fully saturated rings. The van der Waals surface area contributed by atoms with Gasteiger partial charge in [0.1, 0.15) is 11.6 Å². The highest BCUT2D eigenvalue weighted by atomic mass is 19.1. The third-order valence-electron chi connectivity index (χ3n) is 3.08. The Balaban J connectivity index is 1.94. The van der Waals surface area contributed by atoms with Gasteiger partial charge in [0.15, 0.2) is 0 Å². The molecule has 0 radical (unpaired) electrons. The molecule has 1 aromatic rings. The lowest BCUT2D eigenvalue weighted by Crippen LogP contribution is -2.33. The van der Waals surface area contributed by atoms with Crippen molar-refractivity contribution in [3.8, 4) is 5.75 Å². The lowest BCUT2D eigenvalue weighted by atomic mass is 10.0. The SMILES string of the molecule is Fc1cc2c(cc1C1CNCCO1)CCO2. The first-order valence-corrected chi connectivity index (χ1v) is 5.62. The Bertz CT molecular complexity index is 402. The van der Waals surface area contributed by atoms with Gasteiger partial charge in [0.05, 0.1) is 19.3 Å². The minimum atomic E-state index is -0.227. The Hall–Kier alpha value is -1.13. The van der Waals surface area contributed by atoms with Gasteiger partial charge in [0.2, 0.25) is 0 Å². The summed E-state index contributed by atoms with van der Waals surface area (Å²) in [5, 5.41) is 3.21. The first-order valence-electron chi connectivity index (χ1n) is 5.62. The first-order chi connectivity index (χ1) is 7.84. The van der Waals surface area contributed by atoms with Gasteiger partial charge in [-0.1, -0.05) is 0 Å². The van der Waals surface area contributed by atoms with E-state index in [0.29, 0.717) is 31.1 Å². The topological polar surface area (TPSA) is 30.5 Å². The summed E-state index contributed by atoms with van der Waals surface area (Å²) in [7, 11) is 0. The molecule has 2 aliphatic heterocycles. The predicted molar refractivity (Wildman–Crippen MR) is 57.2 cm³/mol. The zero-order valence-corrected chi connectivity index (χ0v) is 8.96. The van der Waals surface area contributed by atoms with Crippen LogP contribution in [0.25, 0.3) is 0 Å². The van der Waals surface area contributed by atoms with Crippen LogP contribution in [0, 0.1) is 5.82 Å². The Morgan fingerprint density at radius 2 is 2.25 bits per heavy atom. The van der Waals surface area contributed by atoms with Gasteiger partial charge in [-0.2, -0.15) is 0 Å². The number of ether oxygens (including phenoxy) is 2. The summed E-state index contributed by atoms with van der Waals surface area (Å²) in [5.74, 6) is 0.458. The number of hydrogen-bond donors (Lipinski definition) is 1. The van der Waals surface area contributed by atoms with Crippen molar-refractivity contribution in [3.05, 3.63) is 29.1 Å². The fourth-order valence-corrected chi connectivity index (χ4v) is 2.23. The van der Waals surface area contributed by atoms with Crippen LogP contribution in [0.1, 0.15) is 17.2 Å². The van der Waals surface area contributed by atoms with Crippen LogP contribution >= 0.6 is 0 Å². The average molecular weight is 223 g/mol. The molecule has 3 nitrogen and oxygen atoms in total. The zero-order valence-electron chi connectivity index (χ0n) is 8.96. The summed E-state index contributed by atoms with van der Waals surface area (Å²) in [4.78, 5) is 0. The third-order valence-corrected chi connectivity index (χ3v) is 3.08. The van der Waals surface area contributed by atoms with Gasteiger partial charge < -0.3 is 14.8 Å². The van der Waals surface area contributed by atoms with E-state index >= 15 is 0 Å². The largest absolute Gasteiger partial charge is 0.493 e. The van der Waals surface area contributed by atoms with Crippen LogP contribution in [-0.2, 0) is 11.2 Å². The van der Waals surface area contributed by atoms with Crippen molar-refractivity contribution < 1.29 is 13.9 Å². The molecule has 16 heavy (non-hydrogen) atoms. The van der Waals surface area contributed by atoms with Crippen molar-refractivity contribution >= 4 is 0 Å². The van der Waals surface area contributed by atoms with Crippen LogP contribution in [0.4, 0.5) is 4.39 Å². The van der Waals surface area contributed by atoms with Gasteiger partial charge in [0.25, 0.3) is 0 Å². The fourth-order valence-electron chi connectivity index (χ4n) is 2.23. The standard InChI is InChI=1S/C12H14FNO2/c13-10-6-11-8(1-3-15-11)5-9(10)12-7-14-2-4-16-12/h5-6,12,14H,1-4,7H2. The van der Waals surface area contributed by atoms with Crippen molar-refractivity contribution in [1.29, 1.82) is 0 Å². The molecule has 3 rings (SSSR count). The Morgan fingerprint density at radius 3 is 3.06 bits per heavy atom. The van der Waals surface area contributed by atoms with Crippen LogP contribution in [0.15, 0.2) is 12.1 Å². The number of halogens is 1. The second-order valence-corrected chi connectivity index (χ2v) is 4.14. The molecule has 0 spiro atoms. The van der Waals surface area contributed by atoms with E-state index in [4.69, 9.17) is 9.47 Å². The molecular weight excluding hydrogens is 209 g/mol. The molecule has 0 aromatic heterocycles. The quantitative estimate of drug-likeness (QED) is 0.781. The second-order valence-electron chi connectivity index (χ2n) is 4.14. The summed E-state index contributed by atoms with van der Waals surface area (Å²) in [5.41, 5.74) is 1.74. The molecule has 2 aliphatic rings. The van der Waals surface area contributed by atoms with Crippen LogP contribution < -0.4 is 10.1 Å². The minimum Gasteiger partial charge on any atom is -0.493 e. The maximum absolute atomic E-state index is 13.8. The summed E-state index contributed by atoms with van der Waals surface area (Å²) >= 11 is 0. The summed E-state index contributed by atoms with van der Waals surface area (Å²) in [6.07, 6.45) is 0.697. The van der Waals surface area contributed by atoms with E-state index in [1.54, 1.807) is 0 Å². The molecule has 1 N–H and O–H groups in total. The highest BCUT2D eigenvalue weighted by Gasteiger charge is 2.23. The highest BCUT2D eigenvalue weighted by molar-refractivity contribution is 5.41. The van der Waals surface area contributed by atoms with Crippen LogP contribution in [0.3, 0.4) is 0 Å². The minimum absolute atomic E-state index is 0.167. The number of hydrogen-bond acceptors (Lipinski definition) is 3. The van der Waals surface area contributed by atoms with Gasteiger partial charge in [-0.3, -0.25) is 0 Å². The van der Waals surface area contributed by atoms with Crippen LogP contribution in [-0.4, -0.2) is 26.3 Å². The Kier molecular flexibility index (Phi) is 2.53. The molecule has 0 amide bonds. The fraction of sp³-hybridized carbons (Fsp3) is 0.500. The molecular formula is C12H14FNO2. The summed E-state index contributed by atoms with van der Waals surface area (Å²) in [6, 6.07) is 3.37. The molecule has 1 atom stereocenters. The monoisotopic (exact) mass is 223 g/mol. The molecule has 1 unspecified atom stereocenters. The van der Waals surface area contributed by atoms with Gasteiger partial charge in [-0.25, -0.2) is 4.39 Å². The molecule has 1 saturated heterocycles. The van der Waals surface area contributed by atoms with E-state index in [9.17, 15) is 4.39 Å². The van der Waals surface area contributed by atoms with Gasteiger partial charge in [-0.05, 0) is 11.6 Å². The molecule has 0 aliphatic carbocycles. The number of benzene rings is 1. The highest BCUT2D eigenvalue weighted by Crippen LogP contribution is 2.32. The van der Waals surface area contributed by atoms with Crippen molar-refractivity contribution in [2.45, 2.75) is 12.5 Å². The lowest BCUT2D eigenvalue weighted by Gasteiger charge is -2.24. The first kappa shape index (κ1) is 10.1. The van der Waals surface area contributed by atoms with Gasteiger partial charge in [0, 0.05) is 31.1 Å². The average Bonchev–Trinajstić information content (AvgIpc) is 2.76. The summed E-state index contributed by atoms with van der Waals surface area (Å²) in [6.45, 7) is 2.81. The molecule has 1 aromatic carbocycles. The Morgan fingerprint density at radius 1 is 1.31 bits per heavy atom. The van der Waals surface area contributed by atoms with E-state index in [-0.39, 0.29) is 11.9 Å². The van der Waals surface area contributed by atoms with Gasteiger partial charge in [-0.15, -0.1) is 0 Å². The second kappa shape index (κ2) is 4.03. The number of morpholine rings is 1. The van der Waals surface area contributed by atoms with Crippen molar-refractivity contribution in [2.24, 2.45) is 0 Å². The predicted octanol–water partition coefficient (Wildman–Crippen LogP) is 1.42.